The molecule has 0 fully saturated rings. The predicted molar refractivity (Wildman–Crippen MR) is 49.9 cm³/mol. The average Bonchev–Trinajstić information content (AvgIpc) is 1.41. The second kappa shape index (κ2) is 25.5. The van der Waals surface area contributed by atoms with E-state index in [-0.39, 0.29) is 19.6 Å². The minimum absolute atomic E-state index is 0. The average molecular weight is 158 g/mol. The van der Waals surface area contributed by atoms with Crippen LogP contribution >= 0.6 is 26.1 Å². The highest BCUT2D eigenvalue weighted by molar-refractivity contribution is 7.79. The number of rotatable bonds is 0. The molecule has 0 spiro atoms. The first kappa shape index (κ1) is 23.4. The Morgan fingerprint density at radius 1 is 1.00 bits per heavy atom. The van der Waals surface area contributed by atoms with Crippen molar-refractivity contribution in [3.8, 4) is 0 Å². The summed E-state index contributed by atoms with van der Waals surface area (Å²) in [5.41, 5.74) is 0. The summed E-state index contributed by atoms with van der Waals surface area (Å²) in [6, 6.07) is 0. The standard InChI is InChI=1S/C3H9N.CH4S.H3N.H2S/c1-4(2)3;1-2;;/h1-3H3;2H,1H3;1H3;1H2. The van der Waals surface area contributed by atoms with Gasteiger partial charge in [-0.25, -0.2) is 0 Å². The highest BCUT2D eigenvalue weighted by Gasteiger charge is 1.58. The predicted octanol–water partition coefficient (Wildman–Crippen LogP) is 0.999. The summed E-state index contributed by atoms with van der Waals surface area (Å²) in [5, 5.41) is 0. The Kier molecular flexibility index (Phi) is 74.7. The zero-order valence-electron chi connectivity index (χ0n) is 6.10. The van der Waals surface area contributed by atoms with E-state index >= 15 is 0 Å². The molecule has 0 aliphatic carbocycles. The molecule has 0 heterocycles. The van der Waals surface area contributed by atoms with Gasteiger partial charge < -0.3 is 11.1 Å². The third-order valence-electron chi connectivity index (χ3n) is 0. The lowest BCUT2D eigenvalue weighted by Gasteiger charge is -1.90. The van der Waals surface area contributed by atoms with Crippen LogP contribution in [0.25, 0.3) is 0 Å². The molecule has 8 heavy (non-hydrogen) atoms. The molecule has 0 aromatic heterocycles. The first-order valence-corrected chi connectivity index (χ1v) is 2.68. The summed E-state index contributed by atoms with van der Waals surface area (Å²) in [6.45, 7) is 0. The van der Waals surface area contributed by atoms with E-state index in [4.69, 9.17) is 0 Å². The Bertz CT molecular complexity index is 16.8. The minimum atomic E-state index is 0. The first-order valence-electron chi connectivity index (χ1n) is 1.79. The Morgan fingerprint density at radius 3 is 1.00 bits per heavy atom. The van der Waals surface area contributed by atoms with Gasteiger partial charge >= 0.3 is 0 Å². The van der Waals surface area contributed by atoms with E-state index in [9.17, 15) is 0 Å². The minimum Gasteiger partial charge on any atom is -0.344 e. The lowest BCUT2D eigenvalue weighted by molar-refractivity contribution is 0.505. The summed E-state index contributed by atoms with van der Waals surface area (Å²) in [5.74, 6) is 0. The van der Waals surface area contributed by atoms with Crippen molar-refractivity contribution in [1.82, 2.24) is 11.1 Å². The molecule has 56 valence electrons. The molecule has 0 saturated heterocycles. The van der Waals surface area contributed by atoms with Gasteiger partial charge in [-0.3, -0.25) is 0 Å². The van der Waals surface area contributed by atoms with Gasteiger partial charge in [0.15, 0.2) is 0 Å². The van der Waals surface area contributed by atoms with E-state index in [0.29, 0.717) is 0 Å². The lowest BCUT2D eigenvalue weighted by Crippen LogP contribution is -1.99. The fourth-order valence-electron chi connectivity index (χ4n) is 0. The van der Waals surface area contributed by atoms with Crippen molar-refractivity contribution < 1.29 is 0 Å². The molecule has 0 aliphatic heterocycles. The molecular formula is C4H18N2S2. The molecule has 0 unspecified atom stereocenters. The SMILES string of the molecule is CN(C)C.CS.N.S. The molecule has 0 aromatic carbocycles. The van der Waals surface area contributed by atoms with Crippen LogP contribution in [0.2, 0.25) is 0 Å². The Hall–Kier alpha value is 0.620. The smallest absolute Gasteiger partial charge is 0.0140 e. The zero-order valence-corrected chi connectivity index (χ0v) is 8.00. The molecule has 0 saturated carbocycles. The first-order chi connectivity index (χ1) is 2.73. The second-order valence-electron chi connectivity index (χ2n) is 1.34. The van der Waals surface area contributed by atoms with Crippen molar-refractivity contribution >= 4 is 26.1 Å². The van der Waals surface area contributed by atoms with E-state index in [2.05, 4.69) is 12.6 Å². The number of thiol groups is 1. The highest BCUT2D eigenvalue weighted by Crippen LogP contribution is 1.47. The van der Waals surface area contributed by atoms with E-state index in [1.54, 1.807) is 6.26 Å². The number of nitrogens with zero attached hydrogens (tertiary/aromatic N) is 1. The summed E-state index contributed by atoms with van der Waals surface area (Å²) in [6.07, 6.45) is 1.69. The van der Waals surface area contributed by atoms with E-state index < -0.39 is 0 Å². The Labute approximate surface area is 65.1 Å². The van der Waals surface area contributed by atoms with Crippen molar-refractivity contribution in [1.29, 1.82) is 0 Å². The van der Waals surface area contributed by atoms with Crippen LogP contribution < -0.4 is 6.15 Å². The van der Waals surface area contributed by atoms with E-state index in [1.165, 1.54) is 0 Å². The molecule has 0 atom stereocenters. The molecular weight excluding hydrogens is 140 g/mol. The monoisotopic (exact) mass is 158 g/mol. The normalized spacial score (nSPS) is 5.25. The van der Waals surface area contributed by atoms with Gasteiger partial charge in [0.05, 0.1) is 0 Å². The quantitative estimate of drug-likeness (QED) is 0.516. The summed E-state index contributed by atoms with van der Waals surface area (Å²) >= 11 is 3.53. The van der Waals surface area contributed by atoms with Gasteiger partial charge in [-0.2, -0.15) is 26.1 Å². The van der Waals surface area contributed by atoms with Crippen molar-refractivity contribution in [2.24, 2.45) is 0 Å². The maximum Gasteiger partial charge on any atom is -0.0140 e. The molecule has 0 rings (SSSR count). The number of hydrogen-bond acceptors (Lipinski definition) is 3. The highest BCUT2D eigenvalue weighted by atomic mass is 32.1. The molecule has 0 aliphatic rings. The molecule has 2 nitrogen and oxygen atoms in total. The van der Waals surface area contributed by atoms with Gasteiger partial charge in [-0.15, -0.1) is 0 Å². The van der Waals surface area contributed by atoms with E-state index in [1.807, 2.05) is 26.0 Å². The molecule has 0 aromatic rings. The van der Waals surface area contributed by atoms with Crippen LogP contribution in [0, 0.1) is 0 Å². The van der Waals surface area contributed by atoms with Crippen LogP contribution in [0.15, 0.2) is 0 Å². The zero-order chi connectivity index (χ0) is 5.58. The molecule has 0 amide bonds. The molecule has 3 N–H and O–H groups in total. The van der Waals surface area contributed by atoms with Gasteiger partial charge in [-0.1, -0.05) is 0 Å². The van der Waals surface area contributed by atoms with Gasteiger partial charge in [0.2, 0.25) is 0 Å². The third-order valence-corrected chi connectivity index (χ3v) is 0. The molecule has 0 radical (unpaired) electrons. The fourth-order valence-corrected chi connectivity index (χ4v) is 0. The molecule has 0 bridgehead atoms. The van der Waals surface area contributed by atoms with Crippen LogP contribution in [0.4, 0.5) is 0 Å². The summed E-state index contributed by atoms with van der Waals surface area (Å²) in [7, 11) is 6.00. The summed E-state index contributed by atoms with van der Waals surface area (Å²) in [4.78, 5) is 2.00. The maximum atomic E-state index is 3.53. The lowest BCUT2D eigenvalue weighted by atomic mass is 11.0. The fraction of sp³-hybridized carbons (Fsp3) is 1.00. The van der Waals surface area contributed by atoms with Crippen LogP contribution in [-0.4, -0.2) is 32.3 Å². The van der Waals surface area contributed by atoms with Crippen molar-refractivity contribution in [2.45, 2.75) is 0 Å². The van der Waals surface area contributed by atoms with Crippen molar-refractivity contribution in [3.05, 3.63) is 0 Å². The van der Waals surface area contributed by atoms with Gasteiger partial charge in [0, 0.05) is 0 Å². The summed E-state index contributed by atoms with van der Waals surface area (Å²) < 4.78 is 0. The van der Waals surface area contributed by atoms with Crippen molar-refractivity contribution in [3.63, 3.8) is 0 Å². The second-order valence-corrected chi connectivity index (χ2v) is 1.34. The van der Waals surface area contributed by atoms with Crippen molar-refractivity contribution in [2.75, 3.05) is 27.4 Å². The Morgan fingerprint density at radius 2 is 1.00 bits per heavy atom. The van der Waals surface area contributed by atoms with Gasteiger partial charge in [-0.05, 0) is 27.4 Å². The van der Waals surface area contributed by atoms with Crippen LogP contribution in [0.3, 0.4) is 0 Å². The topological polar surface area (TPSA) is 38.2 Å². The van der Waals surface area contributed by atoms with Crippen LogP contribution in [0.5, 0.6) is 0 Å². The van der Waals surface area contributed by atoms with E-state index in [0.717, 1.165) is 0 Å². The van der Waals surface area contributed by atoms with Crippen LogP contribution in [-0.2, 0) is 0 Å². The van der Waals surface area contributed by atoms with Gasteiger partial charge in [0.25, 0.3) is 0 Å². The molecule has 4 heteroatoms. The van der Waals surface area contributed by atoms with Crippen LogP contribution in [0.1, 0.15) is 0 Å². The number of hydrogen-bond donors (Lipinski definition) is 2. The maximum absolute atomic E-state index is 3.53. The van der Waals surface area contributed by atoms with Gasteiger partial charge in [0.1, 0.15) is 0 Å². The Balaban J connectivity index is -0.0000000183. The third kappa shape index (κ3) is 544. The largest absolute Gasteiger partial charge is 0.344 e.